The Morgan fingerprint density at radius 1 is 1.22 bits per heavy atom. The maximum absolute atomic E-state index is 13.6. The first-order valence-electron chi connectivity index (χ1n) is 10.8. The van der Waals surface area contributed by atoms with Gasteiger partial charge in [-0.05, 0) is 44.2 Å². The molecule has 3 aromatic rings. The van der Waals surface area contributed by atoms with E-state index in [1.54, 1.807) is 16.8 Å². The summed E-state index contributed by atoms with van der Waals surface area (Å²) in [6.45, 7) is 4.47. The molecule has 2 aliphatic rings. The monoisotopic (exact) mass is 471 g/mol. The molecule has 10 heteroatoms. The first kappa shape index (κ1) is 21.4. The van der Waals surface area contributed by atoms with E-state index in [4.69, 9.17) is 21.9 Å². The van der Waals surface area contributed by atoms with Crippen LogP contribution in [-0.4, -0.2) is 64.8 Å². The topological polar surface area (TPSA) is 72.1 Å². The van der Waals surface area contributed by atoms with Crippen LogP contribution in [0.3, 0.4) is 0 Å². The third kappa shape index (κ3) is 4.03. The first-order chi connectivity index (χ1) is 15.5. The molecule has 0 aliphatic carbocycles. The van der Waals surface area contributed by atoms with E-state index < -0.39 is 0 Å². The SMILES string of the molecule is CN1CCN(c2nc3ccccn3c(=O)c2-c2cc(=O)n(CC3CCCO3)c(=S)s2)CC1. The Kier molecular flexibility index (Phi) is 5.93. The smallest absolute Gasteiger partial charge is 0.268 e. The van der Waals surface area contributed by atoms with Crippen molar-refractivity contribution in [2.24, 2.45) is 0 Å². The van der Waals surface area contributed by atoms with Gasteiger partial charge in [0.2, 0.25) is 0 Å². The van der Waals surface area contributed by atoms with Gasteiger partial charge in [0.15, 0.2) is 3.95 Å². The zero-order valence-electron chi connectivity index (χ0n) is 17.9. The van der Waals surface area contributed by atoms with Crippen molar-refractivity contribution in [2.45, 2.75) is 25.5 Å². The molecule has 2 fully saturated rings. The van der Waals surface area contributed by atoms with E-state index in [9.17, 15) is 9.59 Å². The van der Waals surface area contributed by atoms with Gasteiger partial charge in [-0.15, -0.1) is 11.3 Å². The molecule has 0 amide bonds. The van der Waals surface area contributed by atoms with Gasteiger partial charge in [-0.3, -0.25) is 18.6 Å². The molecule has 0 bridgehead atoms. The summed E-state index contributed by atoms with van der Waals surface area (Å²) in [5.41, 5.74) is 0.633. The molecule has 0 spiro atoms. The van der Waals surface area contributed by atoms with Crippen molar-refractivity contribution in [1.82, 2.24) is 18.9 Å². The van der Waals surface area contributed by atoms with Crippen LogP contribution in [-0.2, 0) is 11.3 Å². The second kappa shape index (κ2) is 8.86. The number of rotatable bonds is 4. The summed E-state index contributed by atoms with van der Waals surface area (Å²) in [5, 5.41) is 0. The predicted octanol–water partition coefficient (Wildman–Crippen LogP) is 2.24. The van der Waals surface area contributed by atoms with Crippen LogP contribution in [0.15, 0.2) is 40.1 Å². The number of anilines is 1. The lowest BCUT2D eigenvalue weighted by Gasteiger charge is -2.34. The Morgan fingerprint density at radius 2 is 2.03 bits per heavy atom. The Labute approximate surface area is 194 Å². The van der Waals surface area contributed by atoms with Gasteiger partial charge in [-0.25, -0.2) is 4.98 Å². The minimum absolute atomic E-state index is 0.0151. The Morgan fingerprint density at radius 3 is 2.75 bits per heavy atom. The van der Waals surface area contributed by atoms with Gasteiger partial charge in [-0.2, -0.15) is 0 Å². The van der Waals surface area contributed by atoms with Crippen LogP contribution in [0.4, 0.5) is 5.82 Å². The summed E-state index contributed by atoms with van der Waals surface area (Å²) in [5.74, 6) is 0.622. The average Bonchev–Trinajstić information content (AvgIpc) is 3.30. The van der Waals surface area contributed by atoms with Crippen molar-refractivity contribution in [2.75, 3.05) is 44.7 Å². The predicted molar refractivity (Wildman–Crippen MR) is 129 cm³/mol. The minimum atomic E-state index is -0.207. The van der Waals surface area contributed by atoms with Gasteiger partial charge < -0.3 is 14.5 Å². The van der Waals surface area contributed by atoms with Crippen LogP contribution < -0.4 is 16.0 Å². The molecular formula is C22H25N5O3S2. The molecule has 0 N–H and O–H groups in total. The number of likely N-dealkylation sites (N-methyl/N-ethyl adjacent to an activating group) is 1. The Balaban J connectivity index is 1.65. The van der Waals surface area contributed by atoms with Crippen LogP contribution in [0, 0.1) is 3.95 Å². The van der Waals surface area contributed by atoms with Crippen molar-refractivity contribution in [3.63, 3.8) is 0 Å². The molecule has 3 aromatic heterocycles. The van der Waals surface area contributed by atoms with Crippen LogP contribution in [0.25, 0.3) is 16.1 Å². The minimum Gasteiger partial charge on any atom is -0.376 e. The number of aromatic nitrogens is 3. The number of pyridine rings is 1. The number of hydrogen-bond donors (Lipinski definition) is 0. The van der Waals surface area contributed by atoms with Gasteiger partial charge in [-0.1, -0.05) is 6.07 Å². The zero-order valence-corrected chi connectivity index (χ0v) is 19.5. The largest absolute Gasteiger partial charge is 0.376 e. The molecule has 8 nitrogen and oxygen atoms in total. The Bertz CT molecular complexity index is 1290. The zero-order chi connectivity index (χ0) is 22.2. The highest BCUT2D eigenvalue weighted by molar-refractivity contribution is 7.73. The van der Waals surface area contributed by atoms with Crippen LogP contribution in [0.5, 0.6) is 0 Å². The first-order valence-corrected chi connectivity index (χ1v) is 12.1. The van der Waals surface area contributed by atoms with Gasteiger partial charge >= 0.3 is 0 Å². The highest BCUT2D eigenvalue weighted by Crippen LogP contribution is 2.30. The summed E-state index contributed by atoms with van der Waals surface area (Å²) in [6.07, 6.45) is 3.65. The fourth-order valence-corrected chi connectivity index (χ4v) is 5.62. The third-order valence-corrected chi connectivity index (χ3v) is 7.52. The molecule has 1 atom stereocenters. The van der Waals surface area contributed by atoms with Gasteiger partial charge in [0.1, 0.15) is 17.0 Å². The fourth-order valence-electron chi connectivity index (χ4n) is 4.28. The van der Waals surface area contributed by atoms with Gasteiger partial charge in [0.25, 0.3) is 11.1 Å². The average molecular weight is 472 g/mol. The molecule has 1 unspecified atom stereocenters. The van der Waals surface area contributed by atoms with E-state index in [1.165, 1.54) is 21.8 Å². The van der Waals surface area contributed by atoms with Crippen molar-refractivity contribution in [1.29, 1.82) is 0 Å². The van der Waals surface area contributed by atoms with E-state index in [2.05, 4.69) is 16.8 Å². The lowest BCUT2D eigenvalue weighted by Crippen LogP contribution is -2.45. The summed E-state index contributed by atoms with van der Waals surface area (Å²) in [7, 11) is 2.08. The molecular weight excluding hydrogens is 446 g/mol. The van der Waals surface area contributed by atoms with E-state index in [0.29, 0.717) is 32.4 Å². The number of nitrogens with zero attached hydrogens (tertiary/aromatic N) is 5. The highest BCUT2D eigenvalue weighted by Gasteiger charge is 2.24. The molecule has 5 rings (SSSR count). The maximum atomic E-state index is 13.6. The van der Waals surface area contributed by atoms with Crippen LogP contribution in [0.2, 0.25) is 0 Å². The molecule has 0 aromatic carbocycles. The van der Waals surface area contributed by atoms with Crippen molar-refractivity contribution in [3.8, 4) is 10.4 Å². The van der Waals surface area contributed by atoms with E-state index in [1.807, 2.05) is 12.1 Å². The Hall–Kier alpha value is -2.40. The highest BCUT2D eigenvalue weighted by atomic mass is 32.1. The standard InChI is InChI=1S/C22H25N5O3S2/c1-24-8-10-25(11-9-24)20-19(21(29)26-7-3-2-6-17(26)23-20)16-13-18(28)27(22(31)32-16)14-15-5-4-12-30-15/h2-3,6-7,13,15H,4-5,8-12,14H2,1H3. The molecule has 5 heterocycles. The van der Waals surface area contributed by atoms with Crippen molar-refractivity contribution < 1.29 is 4.74 Å². The van der Waals surface area contributed by atoms with E-state index in [0.717, 1.165) is 45.6 Å². The summed E-state index contributed by atoms with van der Waals surface area (Å²) >= 11 is 6.88. The second-order valence-electron chi connectivity index (χ2n) is 8.30. The number of ether oxygens (including phenoxy) is 1. The van der Waals surface area contributed by atoms with Gasteiger partial charge in [0.05, 0.1) is 17.5 Å². The number of hydrogen-bond acceptors (Lipinski definition) is 8. The third-order valence-electron chi connectivity index (χ3n) is 6.11. The molecule has 32 heavy (non-hydrogen) atoms. The van der Waals surface area contributed by atoms with E-state index in [-0.39, 0.29) is 17.2 Å². The molecule has 0 saturated carbocycles. The lowest BCUT2D eigenvalue weighted by molar-refractivity contribution is 0.0961. The molecule has 168 valence electrons. The number of fused-ring (bicyclic) bond motifs is 1. The summed E-state index contributed by atoms with van der Waals surface area (Å²) in [6, 6.07) is 7.03. The van der Waals surface area contributed by atoms with Crippen molar-refractivity contribution >= 4 is 35.0 Å². The molecule has 0 radical (unpaired) electrons. The molecule has 2 saturated heterocycles. The lowest BCUT2D eigenvalue weighted by atomic mass is 10.2. The maximum Gasteiger partial charge on any atom is 0.268 e. The van der Waals surface area contributed by atoms with Crippen LogP contribution in [0.1, 0.15) is 12.8 Å². The fraction of sp³-hybridized carbons (Fsp3) is 0.455. The van der Waals surface area contributed by atoms with Crippen LogP contribution >= 0.6 is 23.6 Å². The number of piperazine rings is 1. The molecule has 2 aliphatic heterocycles. The van der Waals surface area contributed by atoms with E-state index >= 15 is 0 Å². The normalized spacial score (nSPS) is 19.7. The quantitative estimate of drug-likeness (QED) is 0.541. The van der Waals surface area contributed by atoms with Crippen molar-refractivity contribution in [3.05, 3.63) is 55.1 Å². The second-order valence-corrected chi connectivity index (χ2v) is 9.97. The summed E-state index contributed by atoms with van der Waals surface area (Å²) < 4.78 is 9.24. The van der Waals surface area contributed by atoms with Gasteiger partial charge in [0, 0.05) is 45.0 Å². The summed E-state index contributed by atoms with van der Waals surface area (Å²) in [4.78, 5) is 36.4.